The van der Waals surface area contributed by atoms with E-state index in [4.69, 9.17) is 0 Å². The van der Waals surface area contributed by atoms with Crippen molar-refractivity contribution >= 4 is 5.91 Å². The van der Waals surface area contributed by atoms with Crippen LogP contribution in [0.4, 0.5) is 0 Å². The maximum Gasteiger partial charge on any atom is 0.226 e. The SMILES string of the molecule is O=C(C1CC2C=CC1C2)N1CCN(C(c2ccccc2)c2ccccc2)CC1. The van der Waals surface area contributed by atoms with Gasteiger partial charge in [-0.1, -0.05) is 72.8 Å². The van der Waals surface area contributed by atoms with Crippen molar-refractivity contribution in [3.8, 4) is 0 Å². The van der Waals surface area contributed by atoms with Crippen LogP contribution in [-0.2, 0) is 4.79 Å². The smallest absolute Gasteiger partial charge is 0.226 e. The van der Waals surface area contributed by atoms with E-state index < -0.39 is 0 Å². The van der Waals surface area contributed by atoms with E-state index >= 15 is 0 Å². The maximum atomic E-state index is 13.1. The highest BCUT2D eigenvalue weighted by Crippen LogP contribution is 2.44. The number of hydrogen-bond donors (Lipinski definition) is 0. The summed E-state index contributed by atoms with van der Waals surface area (Å²) in [6.45, 7) is 3.53. The fourth-order valence-corrected chi connectivity index (χ4v) is 5.38. The summed E-state index contributed by atoms with van der Waals surface area (Å²) in [6.07, 6.45) is 6.86. The second kappa shape index (κ2) is 7.56. The summed E-state index contributed by atoms with van der Waals surface area (Å²) in [4.78, 5) is 17.7. The van der Waals surface area contributed by atoms with Crippen LogP contribution in [0.1, 0.15) is 30.0 Å². The van der Waals surface area contributed by atoms with Crippen LogP contribution in [0.2, 0.25) is 0 Å². The van der Waals surface area contributed by atoms with Crippen LogP contribution in [0.3, 0.4) is 0 Å². The first kappa shape index (κ1) is 17.7. The lowest BCUT2D eigenvalue weighted by Gasteiger charge is -2.41. The normalized spacial score (nSPS) is 26.9. The fraction of sp³-hybridized carbons (Fsp3) is 0.400. The van der Waals surface area contributed by atoms with Gasteiger partial charge in [-0.25, -0.2) is 0 Å². The summed E-state index contributed by atoms with van der Waals surface area (Å²) in [5, 5.41) is 0. The summed E-state index contributed by atoms with van der Waals surface area (Å²) in [7, 11) is 0. The van der Waals surface area contributed by atoms with Gasteiger partial charge in [-0.15, -0.1) is 0 Å². The summed E-state index contributed by atoms with van der Waals surface area (Å²) in [6, 6.07) is 21.8. The van der Waals surface area contributed by atoms with Gasteiger partial charge in [-0.2, -0.15) is 0 Å². The Hall–Kier alpha value is -2.39. The number of piperazine rings is 1. The molecule has 0 aromatic heterocycles. The first-order valence-electron chi connectivity index (χ1n) is 10.6. The lowest BCUT2D eigenvalue weighted by Crippen LogP contribution is -2.51. The molecule has 3 aliphatic rings. The highest BCUT2D eigenvalue weighted by molar-refractivity contribution is 5.80. The van der Waals surface area contributed by atoms with Gasteiger partial charge < -0.3 is 4.90 Å². The standard InChI is InChI=1S/C25H28N2O/c28-25(23-18-19-11-12-22(23)17-19)27-15-13-26(14-16-27)24(20-7-3-1-4-8-20)21-9-5-2-6-10-21/h1-12,19,22-24H,13-18H2. The molecule has 3 unspecified atom stereocenters. The Bertz CT molecular complexity index is 800. The average molecular weight is 373 g/mol. The van der Waals surface area contributed by atoms with Gasteiger partial charge in [0.15, 0.2) is 0 Å². The van der Waals surface area contributed by atoms with Crippen molar-refractivity contribution in [2.75, 3.05) is 26.2 Å². The van der Waals surface area contributed by atoms with Crippen LogP contribution in [0, 0.1) is 17.8 Å². The molecule has 0 N–H and O–H groups in total. The molecule has 1 saturated carbocycles. The number of carbonyl (C=O) groups excluding carboxylic acids is 1. The number of amides is 1. The highest BCUT2D eigenvalue weighted by Gasteiger charge is 2.42. The number of allylic oxidation sites excluding steroid dienone is 2. The maximum absolute atomic E-state index is 13.1. The van der Waals surface area contributed by atoms with Gasteiger partial charge in [-0.05, 0) is 35.8 Å². The van der Waals surface area contributed by atoms with Crippen LogP contribution in [-0.4, -0.2) is 41.9 Å². The van der Waals surface area contributed by atoms with Gasteiger partial charge in [0.05, 0.1) is 6.04 Å². The lowest BCUT2D eigenvalue weighted by molar-refractivity contribution is -0.138. The Morgan fingerprint density at radius 2 is 1.39 bits per heavy atom. The Morgan fingerprint density at radius 1 is 0.786 bits per heavy atom. The Kier molecular flexibility index (Phi) is 4.77. The van der Waals surface area contributed by atoms with E-state index in [1.165, 1.54) is 17.5 Å². The molecule has 2 aromatic rings. The zero-order valence-corrected chi connectivity index (χ0v) is 16.3. The molecular weight excluding hydrogens is 344 g/mol. The largest absolute Gasteiger partial charge is 0.340 e. The third-order valence-corrected chi connectivity index (χ3v) is 6.82. The van der Waals surface area contributed by atoms with E-state index in [0.29, 0.717) is 17.7 Å². The minimum atomic E-state index is 0.237. The zero-order chi connectivity index (χ0) is 18.9. The van der Waals surface area contributed by atoms with Crippen LogP contribution >= 0.6 is 0 Å². The van der Waals surface area contributed by atoms with Gasteiger partial charge in [-0.3, -0.25) is 9.69 Å². The summed E-state index contributed by atoms with van der Waals surface area (Å²) in [5.41, 5.74) is 2.65. The number of carbonyl (C=O) groups is 1. The van der Waals surface area contributed by atoms with E-state index in [-0.39, 0.29) is 12.0 Å². The third-order valence-electron chi connectivity index (χ3n) is 6.82. The lowest BCUT2D eigenvalue weighted by atomic mass is 9.91. The van der Waals surface area contributed by atoms with Crippen LogP contribution in [0.25, 0.3) is 0 Å². The molecule has 0 spiro atoms. The average Bonchev–Trinajstić information content (AvgIpc) is 3.39. The second-order valence-corrected chi connectivity index (χ2v) is 8.47. The van der Waals surface area contributed by atoms with E-state index in [1.807, 2.05) is 0 Å². The van der Waals surface area contributed by atoms with Gasteiger partial charge in [0.2, 0.25) is 5.91 Å². The molecule has 3 atom stereocenters. The molecule has 28 heavy (non-hydrogen) atoms. The Labute approximate surface area is 167 Å². The first-order valence-corrected chi connectivity index (χ1v) is 10.6. The van der Waals surface area contributed by atoms with Crippen molar-refractivity contribution in [2.24, 2.45) is 17.8 Å². The van der Waals surface area contributed by atoms with Crippen LogP contribution in [0.15, 0.2) is 72.8 Å². The number of nitrogens with zero attached hydrogens (tertiary/aromatic N) is 2. The number of hydrogen-bond acceptors (Lipinski definition) is 2. The van der Waals surface area contributed by atoms with Crippen molar-refractivity contribution in [3.05, 3.63) is 83.9 Å². The number of fused-ring (bicyclic) bond motifs is 2. The van der Waals surface area contributed by atoms with Crippen molar-refractivity contribution in [2.45, 2.75) is 18.9 Å². The van der Waals surface area contributed by atoms with E-state index in [9.17, 15) is 4.79 Å². The van der Waals surface area contributed by atoms with Crippen molar-refractivity contribution in [1.29, 1.82) is 0 Å². The molecule has 0 radical (unpaired) electrons. The minimum absolute atomic E-state index is 0.237. The van der Waals surface area contributed by atoms with E-state index in [1.54, 1.807) is 0 Å². The van der Waals surface area contributed by atoms with Gasteiger partial charge in [0.1, 0.15) is 0 Å². The molecule has 2 aliphatic carbocycles. The highest BCUT2D eigenvalue weighted by atomic mass is 16.2. The molecule has 2 bridgehead atoms. The molecular formula is C25H28N2O. The second-order valence-electron chi connectivity index (χ2n) is 8.47. The first-order chi connectivity index (χ1) is 13.8. The fourth-order valence-electron chi connectivity index (χ4n) is 5.38. The third kappa shape index (κ3) is 3.29. The van der Waals surface area contributed by atoms with E-state index in [0.717, 1.165) is 32.6 Å². The van der Waals surface area contributed by atoms with Crippen LogP contribution in [0.5, 0.6) is 0 Å². The minimum Gasteiger partial charge on any atom is -0.340 e. The molecule has 3 nitrogen and oxygen atoms in total. The molecule has 1 heterocycles. The van der Waals surface area contributed by atoms with Gasteiger partial charge in [0.25, 0.3) is 0 Å². The molecule has 3 heteroatoms. The summed E-state index contributed by atoms with van der Waals surface area (Å²) in [5.74, 6) is 1.78. The predicted octanol–water partition coefficient (Wildman–Crippen LogP) is 4.13. The Morgan fingerprint density at radius 3 is 1.89 bits per heavy atom. The van der Waals surface area contributed by atoms with E-state index in [2.05, 4.69) is 82.6 Å². The summed E-state index contributed by atoms with van der Waals surface area (Å²) < 4.78 is 0. The molecule has 144 valence electrons. The van der Waals surface area contributed by atoms with Gasteiger partial charge in [0, 0.05) is 32.1 Å². The zero-order valence-electron chi connectivity index (χ0n) is 16.3. The van der Waals surface area contributed by atoms with Gasteiger partial charge >= 0.3 is 0 Å². The monoisotopic (exact) mass is 372 g/mol. The molecule has 2 fully saturated rings. The summed E-state index contributed by atoms with van der Waals surface area (Å²) >= 11 is 0. The number of rotatable bonds is 4. The quantitative estimate of drug-likeness (QED) is 0.754. The molecule has 1 aliphatic heterocycles. The van der Waals surface area contributed by atoms with Crippen molar-refractivity contribution in [1.82, 2.24) is 9.80 Å². The molecule has 2 aromatic carbocycles. The van der Waals surface area contributed by atoms with Crippen molar-refractivity contribution < 1.29 is 4.79 Å². The van der Waals surface area contributed by atoms with Crippen molar-refractivity contribution in [3.63, 3.8) is 0 Å². The van der Waals surface area contributed by atoms with Crippen LogP contribution < -0.4 is 0 Å². The molecule has 5 rings (SSSR count). The Balaban J connectivity index is 1.30. The predicted molar refractivity (Wildman–Crippen MR) is 112 cm³/mol. The topological polar surface area (TPSA) is 23.6 Å². The number of benzene rings is 2. The molecule has 1 saturated heterocycles. The molecule has 1 amide bonds.